The van der Waals surface area contributed by atoms with Crippen LogP contribution in [0.25, 0.3) is 10.8 Å². The number of sulfone groups is 1. The molecule has 0 aliphatic heterocycles. The molecule has 59 heavy (non-hydrogen) atoms. The first kappa shape index (κ1) is 44.5. The lowest BCUT2D eigenvalue weighted by Gasteiger charge is -2.23. The van der Waals surface area contributed by atoms with E-state index in [0.717, 1.165) is 23.1 Å². The maximum absolute atomic E-state index is 14.9. The normalized spacial score (nSPS) is 12.9. The molecule has 0 saturated heterocycles. The number of halogens is 1. The molecule has 0 amide bonds. The van der Waals surface area contributed by atoms with Gasteiger partial charge in [-0.25, -0.2) is 12.6 Å². The molecule has 0 unspecified atom stereocenters. The molecular weight excluding hydrogens is 896 g/mol. The van der Waals surface area contributed by atoms with Gasteiger partial charge >= 0.3 is 16.5 Å². The number of benzene rings is 4. The summed E-state index contributed by atoms with van der Waals surface area (Å²) in [5.74, 6) is -3.52. The Morgan fingerprint density at radius 3 is 2.03 bits per heavy atom. The SMILES string of the molecule is Nc1c(S(=O)(=O)O)cc2cc(S(=O)(=O)O)cc(O)c2c1N=Nc1ccc(Nc2nc(F)nc(N(CCS(=O)(=O)CCOS(=O)(=O)O)c3ccccc3)n2)cc1S(=O)(=O)O. The molecule has 30 heteroatoms. The topological polar surface area (TPSA) is 386 Å². The van der Waals surface area contributed by atoms with E-state index in [1.165, 1.54) is 12.1 Å². The first-order valence-electron chi connectivity index (χ1n) is 15.6. The van der Waals surface area contributed by atoms with Gasteiger partial charge in [0.15, 0.2) is 9.84 Å². The van der Waals surface area contributed by atoms with E-state index in [1.807, 2.05) is 0 Å². The summed E-state index contributed by atoms with van der Waals surface area (Å²) in [5.41, 5.74) is 3.65. The zero-order chi connectivity index (χ0) is 43.7. The van der Waals surface area contributed by atoms with E-state index < -0.39 is 141 Å². The van der Waals surface area contributed by atoms with E-state index in [2.05, 4.69) is 34.7 Å². The number of azo groups is 1. The smallest absolute Gasteiger partial charge is 0.397 e. The Balaban J connectivity index is 1.52. The quantitative estimate of drug-likeness (QED) is 0.0425. The Kier molecular flexibility index (Phi) is 12.5. The van der Waals surface area contributed by atoms with Crippen molar-refractivity contribution < 1.29 is 74.0 Å². The second kappa shape index (κ2) is 16.6. The zero-order valence-electron chi connectivity index (χ0n) is 29.1. The van der Waals surface area contributed by atoms with Crippen LogP contribution < -0.4 is 16.0 Å². The summed E-state index contributed by atoms with van der Waals surface area (Å²) in [6.45, 7) is -1.34. The highest BCUT2D eigenvalue weighted by molar-refractivity contribution is 7.91. The lowest BCUT2D eigenvalue weighted by Crippen LogP contribution is -2.29. The molecular formula is C29H27FN8O16S5. The van der Waals surface area contributed by atoms with Crippen molar-refractivity contribution in [3.63, 3.8) is 0 Å². The summed E-state index contributed by atoms with van der Waals surface area (Å²) in [6, 6.07) is 12.3. The molecule has 1 heterocycles. The maximum atomic E-state index is 14.9. The van der Waals surface area contributed by atoms with Gasteiger partial charge in [0, 0.05) is 24.0 Å². The number of anilines is 5. The highest BCUT2D eigenvalue weighted by Gasteiger charge is 2.26. The highest BCUT2D eigenvalue weighted by atomic mass is 32.3. The standard InChI is InChI=1S/C29H27FN8O16S5/c30-27-33-28(35-29(34-27)38(18-4-2-1-3-5-18)8-10-55(40,41)11-9-54-59(51,52)53)32-17-6-7-20(22(14-17)57(45,46)47)36-37-26-24-16(13-23(25(26)31)58(48,49)50)12-19(15-21(24)39)56(42,43)44/h1-7,12-15,39H,8-11,31H2,(H,42,43,44)(H,45,46,47)(H,48,49,50)(H,51,52,53)(H,32,33,34,35). The Morgan fingerprint density at radius 2 is 1.42 bits per heavy atom. The first-order valence-corrected chi connectivity index (χ1v) is 23.1. The molecule has 8 N–H and O–H groups in total. The van der Waals surface area contributed by atoms with Gasteiger partial charge in [0.25, 0.3) is 30.4 Å². The van der Waals surface area contributed by atoms with Crippen molar-refractivity contribution in [3.8, 4) is 5.75 Å². The van der Waals surface area contributed by atoms with Crippen LogP contribution in [0.2, 0.25) is 0 Å². The van der Waals surface area contributed by atoms with Crippen LogP contribution in [0.5, 0.6) is 5.75 Å². The van der Waals surface area contributed by atoms with Gasteiger partial charge in [0.05, 0.1) is 34.1 Å². The maximum Gasteiger partial charge on any atom is 0.397 e. The fourth-order valence-corrected chi connectivity index (χ4v) is 8.35. The average Bonchev–Trinajstić information content (AvgIpc) is 3.10. The number of phenols is 1. The molecule has 0 aliphatic carbocycles. The number of nitrogens with zero attached hydrogens (tertiary/aromatic N) is 6. The molecule has 5 aromatic rings. The molecule has 24 nitrogen and oxygen atoms in total. The van der Waals surface area contributed by atoms with Crippen molar-refractivity contribution in [2.24, 2.45) is 10.2 Å². The van der Waals surface area contributed by atoms with E-state index in [9.17, 15) is 65.2 Å². The summed E-state index contributed by atoms with van der Waals surface area (Å²) in [7, 11) is -24.3. The molecule has 0 spiro atoms. The fourth-order valence-electron chi connectivity index (χ4n) is 5.11. The molecule has 5 rings (SSSR count). The third-order valence-electron chi connectivity index (χ3n) is 7.65. The Morgan fingerprint density at radius 1 is 0.763 bits per heavy atom. The summed E-state index contributed by atoms with van der Waals surface area (Å²) >= 11 is 0. The second-order valence-electron chi connectivity index (χ2n) is 11.7. The van der Waals surface area contributed by atoms with Crippen LogP contribution in [0.3, 0.4) is 0 Å². The van der Waals surface area contributed by atoms with Crippen LogP contribution in [0.1, 0.15) is 0 Å². The minimum Gasteiger partial charge on any atom is -0.507 e. The van der Waals surface area contributed by atoms with Crippen LogP contribution >= 0.6 is 0 Å². The third-order valence-corrected chi connectivity index (χ3v) is 12.3. The van der Waals surface area contributed by atoms with Gasteiger partial charge in [0.1, 0.15) is 26.9 Å². The van der Waals surface area contributed by atoms with Crippen LogP contribution in [0, 0.1) is 6.08 Å². The van der Waals surface area contributed by atoms with E-state index in [0.29, 0.717) is 18.2 Å². The molecule has 316 valence electrons. The monoisotopic (exact) mass is 922 g/mol. The number of rotatable bonds is 16. The van der Waals surface area contributed by atoms with E-state index >= 15 is 0 Å². The fraction of sp³-hybridized carbons (Fsp3) is 0.138. The predicted molar refractivity (Wildman–Crippen MR) is 203 cm³/mol. The molecule has 0 aliphatic rings. The molecule has 0 saturated carbocycles. The Labute approximate surface area is 333 Å². The van der Waals surface area contributed by atoms with E-state index in [4.69, 9.17) is 10.3 Å². The largest absolute Gasteiger partial charge is 0.507 e. The van der Waals surface area contributed by atoms with Crippen molar-refractivity contribution >= 4 is 102 Å². The minimum atomic E-state index is -5.22. The number of nitrogens with one attached hydrogen (secondary N) is 1. The summed E-state index contributed by atoms with van der Waals surface area (Å²) in [4.78, 5) is 9.42. The second-order valence-corrected chi connectivity index (χ2v) is 19.3. The number of aromatic hydroxyl groups is 1. The summed E-state index contributed by atoms with van der Waals surface area (Å²) in [6.07, 6.45) is -1.41. The van der Waals surface area contributed by atoms with E-state index in [-0.39, 0.29) is 11.4 Å². The number of nitrogen functional groups attached to an aromatic ring is 1. The third kappa shape index (κ3) is 11.3. The molecule has 1 aromatic heterocycles. The highest BCUT2D eigenvalue weighted by Crippen LogP contribution is 2.44. The average molecular weight is 923 g/mol. The van der Waals surface area contributed by atoms with Gasteiger partial charge in [-0.1, -0.05) is 18.2 Å². The number of para-hydroxylation sites is 1. The lowest BCUT2D eigenvalue weighted by molar-refractivity contribution is 0.284. The number of aromatic nitrogens is 3. The van der Waals surface area contributed by atoms with Crippen LogP contribution in [0.4, 0.5) is 44.7 Å². The summed E-state index contributed by atoms with van der Waals surface area (Å²) in [5, 5.41) is 19.6. The molecule has 0 fully saturated rings. The van der Waals surface area contributed by atoms with Crippen molar-refractivity contribution in [1.82, 2.24) is 15.0 Å². The van der Waals surface area contributed by atoms with Gasteiger partial charge in [-0.05, 0) is 47.9 Å². The van der Waals surface area contributed by atoms with Gasteiger partial charge in [-0.3, -0.25) is 18.2 Å². The van der Waals surface area contributed by atoms with E-state index in [1.54, 1.807) is 18.2 Å². The molecule has 0 bridgehead atoms. The lowest BCUT2D eigenvalue weighted by atomic mass is 10.1. The van der Waals surface area contributed by atoms with Crippen LogP contribution in [0.15, 0.2) is 91.6 Å². The first-order chi connectivity index (χ1) is 27.2. The van der Waals surface area contributed by atoms with Gasteiger partial charge in [-0.15, -0.1) is 10.2 Å². The number of nitrogens with two attached hydrogens (primary N) is 1. The number of phenolic OH excluding ortho intramolecular Hbond substituents is 1. The van der Waals surface area contributed by atoms with Crippen molar-refractivity contribution in [2.75, 3.05) is 40.6 Å². The van der Waals surface area contributed by atoms with Gasteiger partial charge in [-0.2, -0.15) is 53.0 Å². The number of hydrogen-bond donors (Lipinski definition) is 7. The molecule has 0 radical (unpaired) electrons. The van der Waals surface area contributed by atoms with Gasteiger partial charge < -0.3 is 21.1 Å². The molecule has 0 atom stereocenters. The number of fused-ring (bicyclic) bond motifs is 1. The zero-order valence-corrected chi connectivity index (χ0v) is 33.2. The van der Waals surface area contributed by atoms with Crippen LogP contribution in [-0.4, -0.2) is 105 Å². The summed E-state index contributed by atoms with van der Waals surface area (Å²) < 4.78 is 176. The minimum absolute atomic E-state index is 0.250. The van der Waals surface area contributed by atoms with Gasteiger partial charge in [0.2, 0.25) is 11.9 Å². The Hall–Kier alpha value is -5.57. The van der Waals surface area contributed by atoms with Crippen molar-refractivity contribution in [1.29, 1.82) is 0 Å². The van der Waals surface area contributed by atoms with Crippen molar-refractivity contribution in [2.45, 2.75) is 14.7 Å². The predicted octanol–water partition coefficient (Wildman–Crippen LogP) is 2.72. The van der Waals surface area contributed by atoms with Crippen LogP contribution in [-0.2, 0) is 54.8 Å². The number of hydrogen-bond acceptors (Lipinski definition) is 20. The van der Waals surface area contributed by atoms with Crippen molar-refractivity contribution in [3.05, 3.63) is 72.8 Å². The Bertz CT molecular complexity index is 3070. The molecule has 4 aromatic carbocycles.